The van der Waals surface area contributed by atoms with Crippen molar-refractivity contribution in [1.82, 2.24) is 14.8 Å². The first-order valence-corrected chi connectivity index (χ1v) is 5.45. The highest BCUT2D eigenvalue weighted by Gasteiger charge is 2.05. The Bertz CT molecular complexity index is 482. The summed E-state index contributed by atoms with van der Waals surface area (Å²) in [6, 6.07) is 7.68. The van der Waals surface area contributed by atoms with Gasteiger partial charge < -0.3 is 9.84 Å². The first-order valence-electron chi connectivity index (χ1n) is 5.45. The van der Waals surface area contributed by atoms with E-state index < -0.39 is 0 Å². The van der Waals surface area contributed by atoms with Crippen LogP contribution in [0.3, 0.4) is 0 Å². The quantitative estimate of drug-likeness (QED) is 0.834. The fourth-order valence-electron chi connectivity index (χ4n) is 1.56. The Morgan fingerprint density at radius 1 is 1.35 bits per heavy atom. The van der Waals surface area contributed by atoms with Gasteiger partial charge in [0.25, 0.3) is 0 Å². The molecule has 1 N–H and O–H groups in total. The number of aromatic nitrogens is 3. The van der Waals surface area contributed by atoms with E-state index in [2.05, 4.69) is 10.1 Å². The smallest absolute Gasteiger partial charge is 0.164 e. The number of para-hydroxylation sites is 1. The molecule has 17 heavy (non-hydrogen) atoms. The van der Waals surface area contributed by atoms with Crippen molar-refractivity contribution < 1.29 is 9.84 Å². The van der Waals surface area contributed by atoms with Gasteiger partial charge in [0.1, 0.15) is 18.7 Å². The summed E-state index contributed by atoms with van der Waals surface area (Å²) in [5.41, 5.74) is 0.997. The second kappa shape index (κ2) is 5.45. The van der Waals surface area contributed by atoms with Crippen LogP contribution in [0.4, 0.5) is 0 Å². The fraction of sp³-hybridized carbons (Fsp3) is 0.333. The highest BCUT2D eigenvalue weighted by atomic mass is 16.5. The second-order valence-corrected chi connectivity index (χ2v) is 3.67. The van der Waals surface area contributed by atoms with Crippen molar-refractivity contribution in [2.45, 2.75) is 13.0 Å². The molecule has 0 amide bonds. The van der Waals surface area contributed by atoms with Crippen molar-refractivity contribution in [1.29, 1.82) is 0 Å². The number of aryl methyl sites for hydroxylation is 1. The molecular weight excluding hydrogens is 218 g/mol. The van der Waals surface area contributed by atoms with E-state index in [-0.39, 0.29) is 6.61 Å². The molecule has 0 radical (unpaired) electrons. The molecule has 2 rings (SSSR count). The maximum Gasteiger partial charge on any atom is 0.164 e. The summed E-state index contributed by atoms with van der Waals surface area (Å²) in [5.74, 6) is 1.55. The van der Waals surface area contributed by atoms with Gasteiger partial charge in [-0.2, -0.15) is 5.10 Å². The van der Waals surface area contributed by atoms with E-state index in [9.17, 15) is 0 Å². The number of hydrogen-bond donors (Lipinski definition) is 1. The standard InChI is InChI=1S/C12H15N3O2/c1-15-12(13-9-14-15)8-17-11-5-3-2-4-10(11)6-7-16/h2-5,9,16H,6-8H2,1H3. The van der Waals surface area contributed by atoms with Crippen LogP contribution in [0.1, 0.15) is 11.4 Å². The van der Waals surface area contributed by atoms with Crippen LogP contribution in [0.15, 0.2) is 30.6 Å². The van der Waals surface area contributed by atoms with Crippen LogP contribution < -0.4 is 4.74 Å². The third-order valence-electron chi connectivity index (χ3n) is 2.52. The Labute approximate surface area is 99.7 Å². The Hall–Kier alpha value is -1.88. The van der Waals surface area contributed by atoms with Crippen molar-refractivity contribution in [3.63, 3.8) is 0 Å². The van der Waals surface area contributed by atoms with E-state index in [4.69, 9.17) is 9.84 Å². The fourth-order valence-corrected chi connectivity index (χ4v) is 1.56. The Balaban J connectivity index is 2.06. The van der Waals surface area contributed by atoms with E-state index >= 15 is 0 Å². The molecule has 0 aliphatic heterocycles. The largest absolute Gasteiger partial charge is 0.485 e. The van der Waals surface area contributed by atoms with Crippen LogP contribution in [-0.4, -0.2) is 26.5 Å². The van der Waals surface area contributed by atoms with Gasteiger partial charge in [0.2, 0.25) is 0 Å². The SMILES string of the molecule is Cn1ncnc1COc1ccccc1CCO. The summed E-state index contributed by atoms with van der Waals surface area (Å²) < 4.78 is 7.36. The zero-order valence-corrected chi connectivity index (χ0v) is 9.71. The molecule has 1 aromatic heterocycles. The van der Waals surface area contributed by atoms with Crippen molar-refractivity contribution in [2.75, 3.05) is 6.61 Å². The molecule has 0 saturated heterocycles. The van der Waals surface area contributed by atoms with Gasteiger partial charge in [0.05, 0.1) is 0 Å². The summed E-state index contributed by atoms with van der Waals surface area (Å²) in [4.78, 5) is 4.08. The average Bonchev–Trinajstić information content (AvgIpc) is 2.74. The Morgan fingerprint density at radius 3 is 2.88 bits per heavy atom. The monoisotopic (exact) mass is 233 g/mol. The van der Waals surface area contributed by atoms with Crippen LogP contribution in [0.5, 0.6) is 5.75 Å². The molecule has 0 spiro atoms. The van der Waals surface area contributed by atoms with Crippen LogP contribution in [-0.2, 0) is 20.1 Å². The molecule has 1 heterocycles. The molecule has 0 fully saturated rings. The van der Waals surface area contributed by atoms with E-state index in [0.717, 1.165) is 17.1 Å². The average molecular weight is 233 g/mol. The Morgan fingerprint density at radius 2 is 2.18 bits per heavy atom. The van der Waals surface area contributed by atoms with Gasteiger partial charge in [0, 0.05) is 13.7 Å². The molecule has 5 heteroatoms. The number of aliphatic hydroxyl groups is 1. The first kappa shape index (κ1) is 11.6. The minimum absolute atomic E-state index is 0.115. The number of nitrogens with zero attached hydrogens (tertiary/aromatic N) is 3. The van der Waals surface area contributed by atoms with Gasteiger partial charge in [-0.3, -0.25) is 4.68 Å². The van der Waals surface area contributed by atoms with Crippen LogP contribution in [0, 0.1) is 0 Å². The molecule has 0 aliphatic rings. The highest BCUT2D eigenvalue weighted by molar-refractivity contribution is 5.33. The molecule has 90 valence electrons. The second-order valence-electron chi connectivity index (χ2n) is 3.67. The number of rotatable bonds is 5. The van der Waals surface area contributed by atoms with E-state index in [0.29, 0.717) is 13.0 Å². The lowest BCUT2D eigenvalue weighted by Gasteiger charge is -2.09. The van der Waals surface area contributed by atoms with Gasteiger partial charge in [0.15, 0.2) is 5.82 Å². The minimum Gasteiger partial charge on any atom is -0.485 e. The lowest BCUT2D eigenvalue weighted by Crippen LogP contribution is -2.06. The van der Waals surface area contributed by atoms with Crippen molar-refractivity contribution in [3.05, 3.63) is 42.0 Å². The number of benzene rings is 1. The molecule has 0 bridgehead atoms. The van der Waals surface area contributed by atoms with Crippen LogP contribution in [0.25, 0.3) is 0 Å². The molecule has 2 aromatic rings. The molecule has 0 saturated carbocycles. The zero-order valence-electron chi connectivity index (χ0n) is 9.71. The van der Waals surface area contributed by atoms with Gasteiger partial charge in [-0.1, -0.05) is 18.2 Å². The van der Waals surface area contributed by atoms with E-state index in [1.807, 2.05) is 31.3 Å². The lowest BCUT2D eigenvalue weighted by atomic mass is 10.1. The first-order chi connectivity index (χ1) is 8.31. The zero-order chi connectivity index (χ0) is 12.1. The lowest BCUT2D eigenvalue weighted by molar-refractivity contribution is 0.275. The summed E-state index contributed by atoms with van der Waals surface area (Å²) in [6.07, 6.45) is 2.09. The summed E-state index contributed by atoms with van der Waals surface area (Å²) in [5, 5.41) is 12.9. The van der Waals surface area contributed by atoms with Gasteiger partial charge in [-0.25, -0.2) is 4.98 Å². The van der Waals surface area contributed by atoms with Crippen LogP contribution >= 0.6 is 0 Å². The predicted molar refractivity (Wildman–Crippen MR) is 62.6 cm³/mol. The summed E-state index contributed by atoms with van der Waals surface area (Å²) in [7, 11) is 1.82. The highest BCUT2D eigenvalue weighted by Crippen LogP contribution is 2.19. The topological polar surface area (TPSA) is 60.2 Å². The van der Waals surface area contributed by atoms with E-state index in [1.165, 1.54) is 6.33 Å². The molecule has 0 atom stereocenters. The third-order valence-corrected chi connectivity index (χ3v) is 2.52. The van der Waals surface area contributed by atoms with Crippen molar-refractivity contribution in [2.24, 2.45) is 7.05 Å². The van der Waals surface area contributed by atoms with Gasteiger partial charge >= 0.3 is 0 Å². The van der Waals surface area contributed by atoms with E-state index in [1.54, 1.807) is 4.68 Å². The predicted octanol–water partition coefficient (Wildman–Crippen LogP) is 0.929. The molecule has 1 aromatic carbocycles. The number of aliphatic hydroxyl groups excluding tert-OH is 1. The third kappa shape index (κ3) is 2.82. The maximum absolute atomic E-state index is 8.96. The molecule has 0 aliphatic carbocycles. The van der Waals surface area contributed by atoms with Crippen molar-refractivity contribution in [3.8, 4) is 5.75 Å². The van der Waals surface area contributed by atoms with Gasteiger partial charge in [-0.05, 0) is 18.1 Å². The van der Waals surface area contributed by atoms with Crippen molar-refractivity contribution >= 4 is 0 Å². The number of ether oxygens (including phenoxy) is 1. The molecular formula is C12H15N3O2. The summed E-state index contributed by atoms with van der Waals surface area (Å²) >= 11 is 0. The maximum atomic E-state index is 8.96. The Kier molecular flexibility index (Phi) is 3.72. The molecule has 0 unspecified atom stereocenters. The number of hydrogen-bond acceptors (Lipinski definition) is 4. The van der Waals surface area contributed by atoms with Gasteiger partial charge in [-0.15, -0.1) is 0 Å². The molecule has 5 nitrogen and oxygen atoms in total. The minimum atomic E-state index is 0.115. The van der Waals surface area contributed by atoms with Crippen LogP contribution in [0.2, 0.25) is 0 Å². The summed E-state index contributed by atoms with van der Waals surface area (Å²) in [6.45, 7) is 0.489. The normalized spacial score (nSPS) is 10.5.